The maximum atomic E-state index is 12.0. The van der Waals surface area contributed by atoms with Gasteiger partial charge in [-0.15, -0.1) is 11.3 Å². The first kappa shape index (κ1) is 11.5. The van der Waals surface area contributed by atoms with Crippen LogP contribution in [0.15, 0.2) is 50.0 Å². The molecule has 96 valence electrons. The van der Waals surface area contributed by atoms with Gasteiger partial charge in [0.15, 0.2) is 0 Å². The maximum absolute atomic E-state index is 12.0. The van der Waals surface area contributed by atoms with Crippen molar-refractivity contribution in [1.82, 2.24) is 4.68 Å². The first-order chi connectivity index (χ1) is 9.20. The predicted octanol–water partition coefficient (Wildman–Crippen LogP) is 0.811. The molecule has 6 nitrogen and oxygen atoms in total. The van der Waals surface area contributed by atoms with Gasteiger partial charge in [-0.25, -0.2) is 9.47 Å². The number of fused-ring (bicyclic) bond motifs is 1. The Labute approximate surface area is 111 Å². The van der Waals surface area contributed by atoms with Gasteiger partial charge in [-0.3, -0.25) is 0 Å². The standard InChI is InChI=1S/C12H10N4O2S/c13-15-12-16(14)9(6-19-12)8-5-7-3-1-2-4-10(7)18-11(8)17/h1-6H,13-14H2/b15-12-. The SMILES string of the molecule is N/N=c1\scc(-c2cc3ccccc3oc2=O)n1N. The number of nitrogen functional groups attached to an aromatic ring is 1. The summed E-state index contributed by atoms with van der Waals surface area (Å²) in [5.41, 5.74) is 0.999. The molecule has 2 aromatic heterocycles. The molecule has 7 heteroatoms. The van der Waals surface area contributed by atoms with Crippen LogP contribution in [0.3, 0.4) is 0 Å². The van der Waals surface area contributed by atoms with Crippen molar-refractivity contribution in [2.45, 2.75) is 0 Å². The second kappa shape index (κ2) is 4.29. The van der Waals surface area contributed by atoms with E-state index in [1.54, 1.807) is 17.5 Å². The van der Waals surface area contributed by atoms with Crippen LogP contribution in [-0.4, -0.2) is 4.68 Å². The van der Waals surface area contributed by atoms with Crippen molar-refractivity contribution in [2.24, 2.45) is 10.9 Å². The van der Waals surface area contributed by atoms with E-state index in [4.69, 9.17) is 16.1 Å². The zero-order valence-corrected chi connectivity index (χ0v) is 10.6. The average Bonchev–Trinajstić information content (AvgIpc) is 2.79. The van der Waals surface area contributed by atoms with Crippen LogP contribution in [0.2, 0.25) is 0 Å². The lowest BCUT2D eigenvalue weighted by molar-refractivity contribution is 0.562. The second-order valence-electron chi connectivity index (χ2n) is 3.89. The minimum atomic E-state index is -0.445. The zero-order valence-electron chi connectivity index (χ0n) is 9.74. The van der Waals surface area contributed by atoms with Gasteiger partial charge in [0.2, 0.25) is 4.80 Å². The molecule has 0 aliphatic heterocycles. The Morgan fingerprint density at radius 3 is 2.84 bits per heavy atom. The van der Waals surface area contributed by atoms with Crippen LogP contribution in [0.4, 0.5) is 0 Å². The molecule has 19 heavy (non-hydrogen) atoms. The Bertz CT molecular complexity index is 875. The summed E-state index contributed by atoms with van der Waals surface area (Å²) in [5.74, 6) is 11.0. The number of hydrogen-bond donors (Lipinski definition) is 2. The molecule has 2 heterocycles. The lowest BCUT2D eigenvalue weighted by Gasteiger charge is -2.02. The number of rotatable bonds is 1. The largest absolute Gasteiger partial charge is 0.422 e. The van der Waals surface area contributed by atoms with E-state index in [0.717, 1.165) is 5.39 Å². The monoisotopic (exact) mass is 274 g/mol. The van der Waals surface area contributed by atoms with Crippen molar-refractivity contribution in [3.8, 4) is 11.3 Å². The van der Waals surface area contributed by atoms with Gasteiger partial charge in [0.05, 0.1) is 11.3 Å². The van der Waals surface area contributed by atoms with Crippen LogP contribution in [0.25, 0.3) is 22.2 Å². The molecule has 3 rings (SSSR count). The number of hydrogen-bond acceptors (Lipinski definition) is 6. The fourth-order valence-electron chi connectivity index (χ4n) is 1.85. The normalized spacial score (nSPS) is 12.1. The molecule has 0 fully saturated rings. The molecule has 0 saturated heterocycles. The molecule has 0 radical (unpaired) electrons. The van der Waals surface area contributed by atoms with Gasteiger partial charge in [0.1, 0.15) is 5.58 Å². The number of thiazole rings is 1. The Morgan fingerprint density at radius 2 is 2.11 bits per heavy atom. The lowest BCUT2D eigenvalue weighted by atomic mass is 10.1. The molecular weight excluding hydrogens is 264 g/mol. The molecule has 0 spiro atoms. The summed E-state index contributed by atoms with van der Waals surface area (Å²) in [7, 11) is 0. The predicted molar refractivity (Wildman–Crippen MR) is 73.7 cm³/mol. The van der Waals surface area contributed by atoms with E-state index < -0.39 is 5.63 Å². The number of benzene rings is 1. The van der Waals surface area contributed by atoms with E-state index in [1.165, 1.54) is 16.0 Å². The van der Waals surface area contributed by atoms with Gasteiger partial charge in [-0.2, -0.15) is 5.10 Å². The Kier molecular flexibility index (Phi) is 2.60. The first-order valence-electron chi connectivity index (χ1n) is 5.43. The number of para-hydroxylation sites is 1. The highest BCUT2D eigenvalue weighted by Gasteiger charge is 2.12. The summed E-state index contributed by atoms with van der Waals surface area (Å²) in [4.78, 5) is 12.4. The van der Waals surface area contributed by atoms with Crippen LogP contribution < -0.4 is 22.1 Å². The number of aromatic nitrogens is 1. The van der Waals surface area contributed by atoms with Gasteiger partial charge in [-0.1, -0.05) is 18.2 Å². The molecule has 0 bridgehead atoms. The quantitative estimate of drug-likeness (QED) is 0.389. The highest BCUT2D eigenvalue weighted by Crippen LogP contribution is 2.20. The molecule has 3 aromatic rings. The number of nitrogens with two attached hydrogens (primary N) is 2. The fourth-order valence-corrected chi connectivity index (χ4v) is 2.58. The molecule has 0 amide bonds. The molecule has 0 aliphatic carbocycles. The molecule has 0 aliphatic rings. The van der Waals surface area contributed by atoms with Crippen molar-refractivity contribution in [3.05, 3.63) is 50.9 Å². The molecule has 1 aromatic carbocycles. The lowest BCUT2D eigenvalue weighted by Crippen LogP contribution is -2.26. The van der Waals surface area contributed by atoms with Crippen LogP contribution >= 0.6 is 11.3 Å². The summed E-state index contributed by atoms with van der Waals surface area (Å²) in [5, 5.41) is 6.08. The van der Waals surface area contributed by atoms with Crippen LogP contribution in [0, 0.1) is 0 Å². The van der Waals surface area contributed by atoms with Crippen LogP contribution in [-0.2, 0) is 0 Å². The van der Waals surface area contributed by atoms with Gasteiger partial charge in [-0.05, 0) is 12.1 Å². The van der Waals surface area contributed by atoms with E-state index >= 15 is 0 Å². The highest BCUT2D eigenvalue weighted by molar-refractivity contribution is 7.07. The van der Waals surface area contributed by atoms with Crippen molar-refractivity contribution in [2.75, 3.05) is 5.84 Å². The van der Waals surface area contributed by atoms with E-state index in [1.807, 2.05) is 18.2 Å². The molecule has 4 N–H and O–H groups in total. The van der Waals surface area contributed by atoms with E-state index in [2.05, 4.69) is 5.10 Å². The van der Waals surface area contributed by atoms with Gasteiger partial charge >= 0.3 is 5.63 Å². The van der Waals surface area contributed by atoms with Crippen molar-refractivity contribution in [1.29, 1.82) is 0 Å². The van der Waals surface area contributed by atoms with E-state index in [9.17, 15) is 4.79 Å². The fraction of sp³-hybridized carbons (Fsp3) is 0. The summed E-state index contributed by atoms with van der Waals surface area (Å²) in [6.07, 6.45) is 0. The van der Waals surface area contributed by atoms with Crippen molar-refractivity contribution >= 4 is 22.3 Å². The summed E-state index contributed by atoms with van der Waals surface area (Å²) in [6, 6.07) is 9.03. The highest BCUT2D eigenvalue weighted by atomic mass is 32.1. The number of nitrogens with zero attached hydrogens (tertiary/aromatic N) is 2. The molecule has 0 saturated carbocycles. The first-order valence-corrected chi connectivity index (χ1v) is 6.31. The van der Waals surface area contributed by atoms with Crippen molar-refractivity contribution in [3.63, 3.8) is 0 Å². The van der Waals surface area contributed by atoms with Gasteiger partial charge in [0, 0.05) is 10.8 Å². The minimum Gasteiger partial charge on any atom is -0.422 e. The summed E-state index contributed by atoms with van der Waals surface area (Å²) in [6.45, 7) is 0. The van der Waals surface area contributed by atoms with Gasteiger partial charge in [0.25, 0.3) is 0 Å². The zero-order chi connectivity index (χ0) is 13.4. The molecule has 0 unspecified atom stereocenters. The topological polar surface area (TPSA) is 99.5 Å². The Hall–Kier alpha value is -2.54. The second-order valence-corrected chi connectivity index (χ2v) is 4.72. The van der Waals surface area contributed by atoms with Crippen LogP contribution in [0.5, 0.6) is 0 Å². The van der Waals surface area contributed by atoms with E-state index in [0.29, 0.717) is 21.6 Å². The van der Waals surface area contributed by atoms with Gasteiger partial charge < -0.3 is 16.1 Å². The van der Waals surface area contributed by atoms with Crippen molar-refractivity contribution < 1.29 is 4.42 Å². The Balaban J connectivity index is 2.33. The third-order valence-electron chi connectivity index (χ3n) is 2.77. The van der Waals surface area contributed by atoms with E-state index in [-0.39, 0.29) is 0 Å². The Morgan fingerprint density at radius 1 is 1.32 bits per heavy atom. The van der Waals surface area contributed by atoms with Crippen LogP contribution in [0.1, 0.15) is 0 Å². The smallest absolute Gasteiger partial charge is 0.345 e. The third-order valence-corrected chi connectivity index (χ3v) is 3.62. The molecule has 0 atom stereocenters. The third kappa shape index (κ3) is 1.80. The summed E-state index contributed by atoms with van der Waals surface area (Å²) < 4.78 is 6.53. The maximum Gasteiger partial charge on any atom is 0.345 e. The average molecular weight is 274 g/mol. The minimum absolute atomic E-state index is 0.382. The summed E-state index contributed by atoms with van der Waals surface area (Å²) >= 11 is 1.25. The molecular formula is C12H10N4O2S.